The maximum absolute atomic E-state index is 15.3. The molecule has 1 saturated heterocycles. The highest BCUT2D eigenvalue weighted by Gasteiger charge is 2.26. The van der Waals surface area contributed by atoms with E-state index in [9.17, 15) is 12.8 Å². The van der Waals surface area contributed by atoms with Crippen molar-refractivity contribution in [2.45, 2.75) is 18.2 Å². The second-order valence-electron chi connectivity index (χ2n) is 8.93. The number of nitrogens with zero attached hydrogens (tertiary/aromatic N) is 3. The Hall–Kier alpha value is -3.74. The molecule has 0 aliphatic carbocycles. The van der Waals surface area contributed by atoms with Crippen LogP contribution in [0.2, 0.25) is 0 Å². The third kappa shape index (κ3) is 4.89. The summed E-state index contributed by atoms with van der Waals surface area (Å²) < 4.78 is 70.2. The number of fused-ring (bicyclic) bond motifs is 1. The highest BCUT2D eigenvalue weighted by Crippen LogP contribution is 2.38. The molecule has 4 aromatic rings. The lowest BCUT2D eigenvalue weighted by Crippen LogP contribution is -2.16. The minimum absolute atomic E-state index is 0.0117. The van der Waals surface area contributed by atoms with Gasteiger partial charge in [-0.3, -0.25) is 0 Å². The molecule has 5 rings (SSSR count). The SMILES string of the molecule is COc1ncc(-c2cc(OCC3CCOC3)c3ncnc(C)c3c2)cc1-c1ccc(F)c(S(N)(=O)=O)c1F. The molecule has 9 nitrogen and oxygen atoms in total. The third-order valence-corrected chi connectivity index (χ3v) is 7.35. The maximum atomic E-state index is 15.3. The van der Waals surface area contributed by atoms with Gasteiger partial charge in [0.2, 0.25) is 15.9 Å². The van der Waals surface area contributed by atoms with Gasteiger partial charge in [0.1, 0.15) is 23.4 Å². The topological polar surface area (TPSA) is 127 Å². The van der Waals surface area contributed by atoms with Gasteiger partial charge in [-0.15, -0.1) is 0 Å². The Morgan fingerprint density at radius 2 is 1.92 bits per heavy atom. The first-order valence-electron chi connectivity index (χ1n) is 11.7. The normalized spacial score (nSPS) is 15.7. The van der Waals surface area contributed by atoms with Crippen LogP contribution >= 0.6 is 0 Å². The Kier molecular flexibility index (Phi) is 6.95. The van der Waals surface area contributed by atoms with E-state index >= 15 is 4.39 Å². The molecule has 0 saturated carbocycles. The molecule has 38 heavy (non-hydrogen) atoms. The number of hydrogen-bond acceptors (Lipinski definition) is 8. The van der Waals surface area contributed by atoms with E-state index < -0.39 is 26.6 Å². The second kappa shape index (κ2) is 10.2. The number of benzene rings is 2. The zero-order valence-corrected chi connectivity index (χ0v) is 21.4. The highest BCUT2D eigenvalue weighted by molar-refractivity contribution is 7.89. The number of nitrogens with two attached hydrogens (primary N) is 1. The summed E-state index contributed by atoms with van der Waals surface area (Å²) in [7, 11) is -3.34. The number of hydrogen-bond donors (Lipinski definition) is 1. The Bertz CT molecular complexity index is 1640. The average Bonchev–Trinajstić information content (AvgIpc) is 3.40. The van der Waals surface area contributed by atoms with E-state index in [0.717, 1.165) is 29.6 Å². The van der Waals surface area contributed by atoms with E-state index in [-0.39, 0.29) is 22.9 Å². The van der Waals surface area contributed by atoms with Gasteiger partial charge in [-0.05, 0) is 49.2 Å². The van der Waals surface area contributed by atoms with Crippen molar-refractivity contribution >= 4 is 20.9 Å². The van der Waals surface area contributed by atoms with Crippen LogP contribution in [0.5, 0.6) is 11.6 Å². The fraction of sp³-hybridized carbons (Fsp3) is 0.269. The lowest BCUT2D eigenvalue weighted by atomic mass is 9.99. The summed E-state index contributed by atoms with van der Waals surface area (Å²) in [5.41, 5.74) is 2.46. The predicted octanol–water partition coefficient (Wildman–Crippen LogP) is 4.02. The van der Waals surface area contributed by atoms with Crippen LogP contribution in [0.15, 0.2) is 47.8 Å². The molecular weight excluding hydrogens is 518 g/mol. The quantitative estimate of drug-likeness (QED) is 0.371. The van der Waals surface area contributed by atoms with E-state index in [2.05, 4.69) is 15.0 Å². The molecule has 198 valence electrons. The lowest BCUT2D eigenvalue weighted by Gasteiger charge is -2.16. The molecular formula is C26H24F2N4O5S. The van der Waals surface area contributed by atoms with Gasteiger partial charge in [0.25, 0.3) is 0 Å². The summed E-state index contributed by atoms with van der Waals surface area (Å²) in [6.45, 7) is 3.62. The number of aryl methyl sites for hydroxylation is 1. The van der Waals surface area contributed by atoms with Crippen LogP contribution < -0.4 is 14.6 Å². The van der Waals surface area contributed by atoms with Gasteiger partial charge in [0, 0.05) is 46.5 Å². The smallest absolute Gasteiger partial charge is 0.243 e. The first kappa shape index (κ1) is 25.9. The molecule has 3 heterocycles. The molecule has 2 aromatic carbocycles. The molecule has 1 fully saturated rings. The van der Waals surface area contributed by atoms with Gasteiger partial charge >= 0.3 is 0 Å². The van der Waals surface area contributed by atoms with Crippen LogP contribution in [0.1, 0.15) is 12.1 Å². The number of halogens is 2. The van der Waals surface area contributed by atoms with Gasteiger partial charge in [-0.25, -0.2) is 37.3 Å². The number of methoxy groups -OCH3 is 1. The first-order chi connectivity index (χ1) is 18.2. The minimum Gasteiger partial charge on any atom is -0.491 e. The molecule has 0 amide bonds. The molecule has 0 spiro atoms. The standard InChI is InChI=1S/C26H24F2N4O5S/c1-14-19-7-16(9-22(24(19)32-13-31-14)37-12-15-5-6-36-11-15)17-8-20(26(35-2)30-10-17)18-3-4-21(27)25(23(18)28)38(29,33)34/h3-4,7-10,13,15H,5-6,11-12H2,1-2H3,(H2,29,33,34). The molecule has 1 atom stereocenters. The van der Waals surface area contributed by atoms with Crippen LogP contribution in [0.3, 0.4) is 0 Å². The maximum Gasteiger partial charge on any atom is 0.243 e. The highest BCUT2D eigenvalue weighted by atomic mass is 32.2. The van der Waals surface area contributed by atoms with Gasteiger partial charge < -0.3 is 14.2 Å². The molecule has 0 bridgehead atoms. The van der Waals surface area contributed by atoms with Crippen molar-refractivity contribution in [1.82, 2.24) is 15.0 Å². The third-order valence-electron chi connectivity index (χ3n) is 6.40. The molecule has 12 heteroatoms. The Morgan fingerprint density at radius 1 is 1.11 bits per heavy atom. The Morgan fingerprint density at radius 3 is 2.63 bits per heavy atom. The van der Waals surface area contributed by atoms with E-state index in [1.165, 1.54) is 19.6 Å². The summed E-state index contributed by atoms with van der Waals surface area (Å²) in [5.74, 6) is -1.82. The number of ether oxygens (including phenoxy) is 3. The van der Waals surface area contributed by atoms with Crippen molar-refractivity contribution in [1.29, 1.82) is 0 Å². The molecule has 1 aliphatic rings. The number of aromatic nitrogens is 3. The summed E-state index contributed by atoms with van der Waals surface area (Å²) in [4.78, 5) is 11.8. The number of rotatable bonds is 7. The van der Waals surface area contributed by atoms with Crippen molar-refractivity contribution in [3.05, 3.63) is 60.2 Å². The molecule has 2 N–H and O–H groups in total. The monoisotopic (exact) mass is 542 g/mol. The average molecular weight is 543 g/mol. The van der Waals surface area contributed by atoms with Crippen LogP contribution in [-0.4, -0.2) is 50.3 Å². The van der Waals surface area contributed by atoms with Gasteiger partial charge in [0.15, 0.2) is 10.7 Å². The Balaban J connectivity index is 1.65. The summed E-state index contributed by atoms with van der Waals surface area (Å²) >= 11 is 0. The molecule has 2 aromatic heterocycles. The van der Waals surface area contributed by atoms with Crippen LogP contribution in [0, 0.1) is 24.5 Å². The van der Waals surface area contributed by atoms with E-state index in [1.807, 2.05) is 13.0 Å². The fourth-order valence-corrected chi connectivity index (χ4v) is 5.13. The van der Waals surface area contributed by atoms with Crippen LogP contribution in [0.4, 0.5) is 8.78 Å². The molecule has 0 radical (unpaired) electrons. The van der Waals surface area contributed by atoms with E-state index in [1.54, 1.807) is 12.1 Å². The van der Waals surface area contributed by atoms with Gasteiger partial charge in [0.05, 0.1) is 20.3 Å². The summed E-state index contributed by atoms with van der Waals surface area (Å²) in [6, 6.07) is 7.18. The zero-order chi connectivity index (χ0) is 27.0. The van der Waals surface area contributed by atoms with Crippen molar-refractivity contribution in [3.63, 3.8) is 0 Å². The number of primary sulfonamides is 1. The van der Waals surface area contributed by atoms with Gasteiger partial charge in [-0.1, -0.05) is 0 Å². The number of sulfonamides is 1. The zero-order valence-electron chi connectivity index (χ0n) is 20.6. The first-order valence-corrected chi connectivity index (χ1v) is 13.2. The van der Waals surface area contributed by atoms with E-state index in [0.29, 0.717) is 42.2 Å². The fourth-order valence-electron chi connectivity index (χ4n) is 4.43. The van der Waals surface area contributed by atoms with Crippen LogP contribution in [-0.2, 0) is 14.8 Å². The largest absolute Gasteiger partial charge is 0.491 e. The van der Waals surface area contributed by atoms with Crippen LogP contribution in [0.25, 0.3) is 33.2 Å². The second-order valence-corrected chi connectivity index (χ2v) is 10.4. The van der Waals surface area contributed by atoms with Crippen molar-refractivity contribution < 1.29 is 31.4 Å². The van der Waals surface area contributed by atoms with Crippen molar-refractivity contribution in [2.24, 2.45) is 11.1 Å². The van der Waals surface area contributed by atoms with Crippen molar-refractivity contribution in [3.8, 4) is 33.9 Å². The summed E-state index contributed by atoms with van der Waals surface area (Å²) in [5, 5.41) is 5.82. The van der Waals surface area contributed by atoms with Gasteiger partial charge in [-0.2, -0.15) is 0 Å². The van der Waals surface area contributed by atoms with Crippen molar-refractivity contribution in [2.75, 3.05) is 26.9 Å². The number of pyridine rings is 1. The molecule has 1 aliphatic heterocycles. The predicted molar refractivity (Wildman–Crippen MR) is 135 cm³/mol. The minimum atomic E-state index is -4.68. The van der Waals surface area contributed by atoms with E-state index in [4.69, 9.17) is 19.3 Å². The molecule has 1 unspecified atom stereocenters. The Labute approximate surface area is 217 Å². The summed E-state index contributed by atoms with van der Waals surface area (Å²) in [6.07, 6.45) is 3.90. The lowest BCUT2D eigenvalue weighted by molar-refractivity contribution is 0.167.